The summed E-state index contributed by atoms with van der Waals surface area (Å²) < 4.78 is 5.15. The van der Waals surface area contributed by atoms with Crippen LogP contribution in [0.25, 0.3) is 0 Å². The van der Waals surface area contributed by atoms with E-state index in [-0.39, 0.29) is 12.1 Å². The Morgan fingerprint density at radius 3 is 3.00 bits per heavy atom. The van der Waals surface area contributed by atoms with Gasteiger partial charge in [0.15, 0.2) is 0 Å². The second-order valence-electron chi connectivity index (χ2n) is 2.75. The predicted octanol–water partition coefficient (Wildman–Crippen LogP) is 2.05. The third-order valence-electron chi connectivity index (χ3n) is 1.81. The van der Waals surface area contributed by atoms with Crippen molar-refractivity contribution in [2.75, 3.05) is 0 Å². The molecule has 0 spiro atoms. The summed E-state index contributed by atoms with van der Waals surface area (Å²) in [7, 11) is 0. The van der Waals surface area contributed by atoms with Gasteiger partial charge >= 0.3 is 5.97 Å². The highest BCUT2D eigenvalue weighted by molar-refractivity contribution is 5.69. The van der Waals surface area contributed by atoms with Gasteiger partial charge in [-0.15, -0.1) is 0 Å². The second-order valence-corrected chi connectivity index (χ2v) is 2.75. The molecule has 0 aromatic rings. The number of ether oxygens (including phenoxy) is 1. The van der Waals surface area contributed by atoms with E-state index in [1.165, 1.54) is 0 Å². The van der Waals surface area contributed by atoms with Crippen molar-refractivity contribution in [3.63, 3.8) is 0 Å². The zero-order valence-electron chi connectivity index (χ0n) is 6.88. The maximum atomic E-state index is 10.8. The van der Waals surface area contributed by atoms with Crippen molar-refractivity contribution in [3.05, 3.63) is 12.2 Å². The van der Waals surface area contributed by atoms with E-state index in [9.17, 15) is 4.79 Å². The van der Waals surface area contributed by atoms with Crippen molar-refractivity contribution in [3.8, 4) is 0 Å². The van der Waals surface area contributed by atoms with Gasteiger partial charge in [0.25, 0.3) is 0 Å². The first-order chi connectivity index (χ1) is 5.33. The Morgan fingerprint density at radius 1 is 1.64 bits per heavy atom. The van der Waals surface area contributed by atoms with Crippen LogP contribution in [-0.4, -0.2) is 12.1 Å². The van der Waals surface area contributed by atoms with Crippen LogP contribution in [0.3, 0.4) is 0 Å². The molecule has 0 radical (unpaired) electrons. The normalized spacial score (nSPS) is 23.2. The molecule has 0 saturated heterocycles. The smallest absolute Gasteiger partial charge is 0.305 e. The van der Waals surface area contributed by atoms with Crippen molar-refractivity contribution in [2.24, 2.45) is 0 Å². The van der Waals surface area contributed by atoms with Crippen LogP contribution < -0.4 is 0 Å². The Labute approximate surface area is 67.2 Å². The monoisotopic (exact) mass is 154 g/mol. The van der Waals surface area contributed by atoms with Crippen LogP contribution in [0.1, 0.15) is 32.6 Å². The molecule has 0 fully saturated rings. The number of esters is 1. The summed E-state index contributed by atoms with van der Waals surface area (Å²) in [5.41, 5.74) is 0. The zero-order valence-corrected chi connectivity index (χ0v) is 6.88. The number of rotatable bonds is 2. The van der Waals surface area contributed by atoms with Gasteiger partial charge in [-0.2, -0.15) is 0 Å². The third kappa shape index (κ3) is 2.74. The third-order valence-corrected chi connectivity index (χ3v) is 1.81. The van der Waals surface area contributed by atoms with Crippen LogP contribution in [0.4, 0.5) is 0 Å². The number of hydrogen-bond donors (Lipinski definition) is 0. The van der Waals surface area contributed by atoms with Gasteiger partial charge in [-0.1, -0.05) is 19.1 Å². The SMILES string of the molecule is CCC(=O)OC1CC=CCC1. The van der Waals surface area contributed by atoms with Gasteiger partial charge in [-0.25, -0.2) is 0 Å². The van der Waals surface area contributed by atoms with E-state index in [1.54, 1.807) is 0 Å². The topological polar surface area (TPSA) is 26.3 Å². The summed E-state index contributed by atoms with van der Waals surface area (Å²) in [5.74, 6) is -0.0784. The van der Waals surface area contributed by atoms with Crippen LogP contribution >= 0.6 is 0 Å². The van der Waals surface area contributed by atoms with Crippen LogP contribution in [0.15, 0.2) is 12.2 Å². The minimum absolute atomic E-state index is 0.0784. The lowest BCUT2D eigenvalue weighted by Crippen LogP contribution is -2.18. The van der Waals surface area contributed by atoms with Crippen molar-refractivity contribution in [2.45, 2.75) is 38.7 Å². The summed E-state index contributed by atoms with van der Waals surface area (Å²) in [5, 5.41) is 0. The van der Waals surface area contributed by atoms with E-state index in [1.807, 2.05) is 6.92 Å². The average molecular weight is 154 g/mol. The molecule has 1 rings (SSSR count). The zero-order chi connectivity index (χ0) is 8.10. The molecular formula is C9H14O2. The quantitative estimate of drug-likeness (QED) is 0.449. The predicted molar refractivity (Wildman–Crippen MR) is 43.2 cm³/mol. The van der Waals surface area contributed by atoms with Gasteiger partial charge in [0.1, 0.15) is 6.10 Å². The highest BCUT2D eigenvalue weighted by Gasteiger charge is 2.12. The van der Waals surface area contributed by atoms with E-state index in [2.05, 4.69) is 12.2 Å². The van der Waals surface area contributed by atoms with E-state index in [0.29, 0.717) is 6.42 Å². The van der Waals surface area contributed by atoms with Gasteiger partial charge in [-0.3, -0.25) is 4.79 Å². The van der Waals surface area contributed by atoms with Gasteiger partial charge in [0.05, 0.1) is 0 Å². The van der Waals surface area contributed by atoms with Gasteiger partial charge in [0, 0.05) is 12.8 Å². The van der Waals surface area contributed by atoms with Gasteiger partial charge in [0.2, 0.25) is 0 Å². The lowest BCUT2D eigenvalue weighted by atomic mass is 10.1. The maximum Gasteiger partial charge on any atom is 0.305 e. The first-order valence-electron chi connectivity index (χ1n) is 4.17. The minimum Gasteiger partial charge on any atom is -0.462 e. The van der Waals surface area contributed by atoms with Crippen molar-refractivity contribution in [1.82, 2.24) is 0 Å². The molecular weight excluding hydrogens is 140 g/mol. The molecule has 0 heterocycles. The number of carbonyl (C=O) groups is 1. The van der Waals surface area contributed by atoms with Crippen LogP contribution in [0, 0.1) is 0 Å². The van der Waals surface area contributed by atoms with E-state index < -0.39 is 0 Å². The number of hydrogen-bond acceptors (Lipinski definition) is 2. The standard InChI is InChI=1S/C9H14O2/c1-2-9(10)11-8-6-4-3-5-7-8/h3-4,8H,2,5-7H2,1H3. The maximum absolute atomic E-state index is 10.8. The molecule has 0 saturated carbocycles. The summed E-state index contributed by atoms with van der Waals surface area (Å²) in [6, 6.07) is 0. The molecule has 0 amide bonds. The minimum atomic E-state index is -0.0784. The molecule has 0 aliphatic heterocycles. The molecule has 11 heavy (non-hydrogen) atoms. The highest BCUT2D eigenvalue weighted by atomic mass is 16.5. The molecule has 0 aromatic carbocycles. The van der Waals surface area contributed by atoms with Crippen molar-refractivity contribution in [1.29, 1.82) is 0 Å². The summed E-state index contributed by atoms with van der Waals surface area (Å²) >= 11 is 0. The Hall–Kier alpha value is -0.790. The van der Waals surface area contributed by atoms with Crippen LogP contribution in [0.2, 0.25) is 0 Å². The molecule has 1 atom stereocenters. The van der Waals surface area contributed by atoms with E-state index in [4.69, 9.17) is 4.74 Å². The van der Waals surface area contributed by atoms with E-state index in [0.717, 1.165) is 19.3 Å². The lowest BCUT2D eigenvalue weighted by molar-refractivity contribution is -0.148. The van der Waals surface area contributed by atoms with Crippen LogP contribution in [-0.2, 0) is 9.53 Å². The molecule has 1 aliphatic carbocycles. The molecule has 1 unspecified atom stereocenters. The van der Waals surface area contributed by atoms with Crippen LogP contribution in [0.5, 0.6) is 0 Å². The van der Waals surface area contributed by atoms with Crippen molar-refractivity contribution < 1.29 is 9.53 Å². The average Bonchev–Trinajstić information content (AvgIpc) is 2.06. The second kappa shape index (κ2) is 4.16. The summed E-state index contributed by atoms with van der Waals surface area (Å²) in [6.45, 7) is 1.82. The molecule has 2 heteroatoms. The molecule has 62 valence electrons. The Balaban J connectivity index is 2.26. The van der Waals surface area contributed by atoms with Crippen molar-refractivity contribution >= 4 is 5.97 Å². The summed E-state index contributed by atoms with van der Waals surface area (Å²) in [6.07, 6.45) is 7.77. The number of allylic oxidation sites excluding steroid dienone is 1. The molecule has 2 nitrogen and oxygen atoms in total. The van der Waals surface area contributed by atoms with Gasteiger partial charge < -0.3 is 4.74 Å². The first kappa shape index (κ1) is 8.31. The molecule has 0 bridgehead atoms. The van der Waals surface area contributed by atoms with E-state index >= 15 is 0 Å². The Morgan fingerprint density at radius 2 is 2.45 bits per heavy atom. The lowest BCUT2D eigenvalue weighted by Gasteiger charge is -2.17. The van der Waals surface area contributed by atoms with Gasteiger partial charge in [-0.05, 0) is 12.8 Å². The number of carbonyl (C=O) groups excluding carboxylic acids is 1. The Kier molecular flexibility index (Phi) is 3.14. The Bertz CT molecular complexity index is 161. The largest absolute Gasteiger partial charge is 0.462 e. The highest BCUT2D eigenvalue weighted by Crippen LogP contribution is 2.14. The first-order valence-corrected chi connectivity index (χ1v) is 4.17. The fourth-order valence-electron chi connectivity index (χ4n) is 1.14. The fourth-order valence-corrected chi connectivity index (χ4v) is 1.14. The molecule has 0 N–H and O–H groups in total. The summed E-state index contributed by atoms with van der Waals surface area (Å²) in [4.78, 5) is 10.8. The fraction of sp³-hybridized carbons (Fsp3) is 0.667. The molecule has 1 aliphatic rings. The molecule has 0 aromatic heterocycles.